The van der Waals surface area contributed by atoms with Crippen LogP contribution in [-0.2, 0) is 0 Å². The topological polar surface area (TPSA) is 55.1 Å². The number of benzene rings is 1. The molecule has 82 valence electrons. The number of nitrogens with one attached hydrogen (secondary N) is 1. The molecule has 0 fully saturated rings. The lowest BCUT2D eigenvalue weighted by Gasteiger charge is -2.05. The van der Waals surface area contributed by atoms with E-state index in [-0.39, 0.29) is 10.6 Å². The summed E-state index contributed by atoms with van der Waals surface area (Å²) in [4.78, 5) is 11.3. The van der Waals surface area contributed by atoms with Gasteiger partial charge >= 0.3 is 0 Å². The second-order valence-corrected chi connectivity index (χ2v) is 3.31. The van der Waals surface area contributed by atoms with Gasteiger partial charge in [-0.3, -0.25) is 4.79 Å². The molecule has 1 aromatic rings. The number of halogens is 3. The van der Waals surface area contributed by atoms with Gasteiger partial charge in [-0.05, 0) is 18.2 Å². The summed E-state index contributed by atoms with van der Waals surface area (Å²) in [7, 11) is 0. The van der Waals surface area contributed by atoms with E-state index in [9.17, 15) is 13.6 Å². The van der Waals surface area contributed by atoms with Crippen molar-refractivity contribution in [3.63, 3.8) is 0 Å². The first-order chi connectivity index (χ1) is 6.99. The van der Waals surface area contributed by atoms with Crippen LogP contribution in [0.15, 0.2) is 18.2 Å². The van der Waals surface area contributed by atoms with E-state index in [0.29, 0.717) is 5.69 Å². The van der Waals surface area contributed by atoms with Gasteiger partial charge in [0, 0.05) is 16.3 Å². The molecule has 6 heteroatoms. The summed E-state index contributed by atoms with van der Waals surface area (Å²) >= 11 is 5.65. The van der Waals surface area contributed by atoms with E-state index in [1.54, 1.807) is 0 Å². The van der Waals surface area contributed by atoms with Crippen LogP contribution in [0.2, 0.25) is 5.02 Å². The number of anilines is 1. The molecule has 0 radical (unpaired) electrons. The van der Waals surface area contributed by atoms with Gasteiger partial charge in [0.15, 0.2) is 0 Å². The zero-order valence-corrected chi connectivity index (χ0v) is 8.39. The smallest absolute Gasteiger partial charge is 0.255 e. The minimum atomic E-state index is -2.58. The van der Waals surface area contributed by atoms with Crippen molar-refractivity contribution in [3.05, 3.63) is 28.8 Å². The molecule has 0 aromatic heterocycles. The summed E-state index contributed by atoms with van der Waals surface area (Å²) < 4.78 is 23.6. The van der Waals surface area contributed by atoms with Crippen LogP contribution < -0.4 is 11.1 Å². The number of nitrogen functional groups attached to an aromatic ring is 1. The van der Waals surface area contributed by atoms with Crippen molar-refractivity contribution < 1.29 is 13.6 Å². The highest BCUT2D eigenvalue weighted by Crippen LogP contribution is 2.16. The van der Waals surface area contributed by atoms with Crippen LogP contribution in [0.4, 0.5) is 14.5 Å². The van der Waals surface area contributed by atoms with E-state index in [4.69, 9.17) is 17.3 Å². The van der Waals surface area contributed by atoms with Crippen LogP contribution in [0, 0.1) is 0 Å². The van der Waals surface area contributed by atoms with Crippen molar-refractivity contribution in [1.82, 2.24) is 5.32 Å². The maximum absolute atomic E-state index is 11.8. The van der Waals surface area contributed by atoms with Gasteiger partial charge in [0.1, 0.15) is 0 Å². The summed E-state index contributed by atoms with van der Waals surface area (Å²) in [6.45, 7) is -0.689. The summed E-state index contributed by atoms with van der Waals surface area (Å²) in [5, 5.41) is 2.34. The Morgan fingerprint density at radius 3 is 2.67 bits per heavy atom. The summed E-state index contributed by atoms with van der Waals surface area (Å²) in [5.74, 6) is -0.621. The van der Waals surface area contributed by atoms with Gasteiger partial charge < -0.3 is 11.1 Å². The number of hydrogen-bond donors (Lipinski definition) is 2. The van der Waals surface area contributed by atoms with Gasteiger partial charge in [0.05, 0.1) is 6.54 Å². The van der Waals surface area contributed by atoms with Crippen LogP contribution in [0.25, 0.3) is 0 Å². The van der Waals surface area contributed by atoms with Gasteiger partial charge in [-0.1, -0.05) is 11.6 Å². The molecule has 0 spiro atoms. The van der Waals surface area contributed by atoms with Crippen molar-refractivity contribution in [3.8, 4) is 0 Å². The lowest BCUT2D eigenvalue weighted by molar-refractivity contribution is 0.0892. The number of alkyl halides is 2. The largest absolute Gasteiger partial charge is 0.399 e. The fraction of sp³-hybridized carbons (Fsp3) is 0.222. The second-order valence-electron chi connectivity index (χ2n) is 2.87. The first-order valence-corrected chi connectivity index (χ1v) is 4.49. The molecule has 0 unspecified atom stereocenters. The Balaban J connectivity index is 2.73. The molecule has 15 heavy (non-hydrogen) atoms. The third-order valence-corrected chi connectivity index (χ3v) is 1.82. The van der Waals surface area contributed by atoms with Crippen LogP contribution in [0.5, 0.6) is 0 Å². The van der Waals surface area contributed by atoms with E-state index in [2.05, 4.69) is 0 Å². The molecule has 0 aliphatic carbocycles. The fourth-order valence-electron chi connectivity index (χ4n) is 1.02. The van der Waals surface area contributed by atoms with Crippen molar-refractivity contribution in [1.29, 1.82) is 0 Å². The summed E-state index contributed by atoms with van der Waals surface area (Å²) in [5.41, 5.74) is 5.92. The average molecular weight is 235 g/mol. The number of rotatable bonds is 3. The molecule has 0 heterocycles. The van der Waals surface area contributed by atoms with Gasteiger partial charge in [0.2, 0.25) is 0 Å². The van der Waals surface area contributed by atoms with E-state index in [1.807, 2.05) is 5.32 Å². The Morgan fingerprint density at radius 2 is 2.13 bits per heavy atom. The molecule has 0 aliphatic heterocycles. The predicted molar refractivity (Wildman–Crippen MR) is 54.2 cm³/mol. The molecule has 1 rings (SSSR count). The van der Waals surface area contributed by atoms with E-state index < -0.39 is 18.9 Å². The monoisotopic (exact) mass is 234 g/mol. The van der Waals surface area contributed by atoms with Gasteiger partial charge in [-0.25, -0.2) is 8.78 Å². The van der Waals surface area contributed by atoms with E-state index in [0.717, 1.165) is 0 Å². The number of amides is 1. The number of nitrogens with two attached hydrogens (primary N) is 1. The molecule has 0 saturated heterocycles. The van der Waals surface area contributed by atoms with E-state index >= 15 is 0 Å². The standard InChI is InChI=1S/C9H9ClF2N2O/c10-6-1-5(2-7(13)3-6)9(15)14-4-8(11)12/h1-3,8H,4,13H2,(H,14,15). The van der Waals surface area contributed by atoms with Gasteiger partial charge in [-0.15, -0.1) is 0 Å². The van der Waals surface area contributed by atoms with Crippen LogP contribution in [-0.4, -0.2) is 18.9 Å². The highest BCUT2D eigenvalue weighted by atomic mass is 35.5. The number of carbonyl (C=O) groups is 1. The molecule has 0 aliphatic rings. The van der Waals surface area contributed by atoms with Gasteiger partial charge in [-0.2, -0.15) is 0 Å². The van der Waals surface area contributed by atoms with E-state index in [1.165, 1.54) is 18.2 Å². The first kappa shape index (κ1) is 11.7. The molecule has 3 N–H and O–H groups in total. The highest BCUT2D eigenvalue weighted by Gasteiger charge is 2.09. The second kappa shape index (κ2) is 4.93. The highest BCUT2D eigenvalue weighted by molar-refractivity contribution is 6.31. The minimum absolute atomic E-state index is 0.167. The Kier molecular flexibility index (Phi) is 3.85. The maximum atomic E-state index is 11.8. The Hall–Kier alpha value is -1.36. The Bertz CT molecular complexity index is 351. The number of hydrogen-bond acceptors (Lipinski definition) is 2. The molecular weight excluding hydrogens is 226 g/mol. The summed E-state index contributed by atoms with van der Waals surface area (Å²) in [6.07, 6.45) is -2.58. The van der Waals surface area contributed by atoms with Gasteiger partial charge in [0.25, 0.3) is 12.3 Å². The minimum Gasteiger partial charge on any atom is -0.399 e. The lowest BCUT2D eigenvalue weighted by Crippen LogP contribution is -2.28. The lowest BCUT2D eigenvalue weighted by atomic mass is 10.2. The van der Waals surface area contributed by atoms with Crippen molar-refractivity contribution in [2.24, 2.45) is 0 Å². The van der Waals surface area contributed by atoms with Crippen LogP contribution >= 0.6 is 11.6 Å². The molecular formula is C9H9ClF2N2O. The zero-order valence-electron chi connectivity index (χ0n) is 7.64. The molecule has 3 nitrogen and oxygen atoms in total. The van der Waals surface area contributed by atoms with Crippen molar-refractivity contribution in [2.45, 2.75) is 6.43 Å². The first-order valence-electron chi connectivity index (χ1n) is 4.11. The SMILES string of the molecule is Nc1cc(Cl)cc(C(=O)NCC(F)F)c1. The van der Waals surface area contributed by atoms with Crippen LogP contribution in [0.3, 0.4) is 0 Å². The molecule has 0 bridgehead atoms. The maximum Gasteiger partial charge on any atom is 0.255 e. The summed E-state index contributed by atoms with van der Waals surface area (Å²) in [6, 6.07) is 4.19. The average Bonchev–Trinajstić information content (AvgIpc) is 2.12. The molecule has 1 aromatic carbocycles. The zero-order chi connectivity index (χ0) is 11.4. The quantitative estimate of drug-likeness (QED) is 0.785. The Morgan fingerprint density at radius 1 is 1.47 bits per heavy atom. The van der Waals surface area contributed by atoms with Crippen molar-refractivity contribution in [2.75, 3.05) is 12.3 Å². The van der Waals surface area contributed by atoms with Crippen LogP contribution in [0.1, 0.15) is 10.4 Å². The normalized spacial score (nSPS) is 10.4. The molecule has 0 saturated carbocycles. The predicted octanol–water partition coefficient (Wildman–Crippen LogP) is 1.92. The Labute approximate surface area is 90.2 Å². The fourth-order valence-corrected chi connectivity index (χ4v) is 1.26. The molecule has 1 amide bonds. The third-order valence-electron chi connectivity index (χ3n) is 1.60. The van der Waals surface area contributed by atoms with Crippen molar-refractivity contribution >= 4 is 23.2 Å². The number of carbonyl (C=O) groups excluding carboxylic acids is 1. The third kappa shape index (κ3) is 3.71. The molecule has 0 atom stereocenters.